The maximum absolute atomic E-state index is 12.8. The molecule has 0 saturated heterocycles. The van der Waals surface area contributed by atoms with Gasteiger partial charge in [-0.25, -0.2) is 4.98 Å². The molecule has 0 bridgehead atoms. The standard InChI is InChI=1S/C15H13ClF3N5OS/c1-7(2)13-22-23-14(26-13)21-11(25)4-9-6-24-5-8(15(17,18)19)3-10(16)12(24)20-9/h3,5-7H,4H2,1-2H3,(H,21,23,25). The monoisotopic (exact) mass is 403 g/mol. The van der Waals surface area contributed by atoms with E-state index in [0.29, 0.717) is 5.13 Å². The van der Waals surface area contributed by atoms with Crippen LogP contribution in [-0.2, 0) is 17.4 Å². The van der Waals surface area contributed by atoms with E-state index in [1.165, 1.54) is 17.5 Å². The summed E-state index contributed by atoms with van der Waals surface area (Å²) >= 11 is 7.15. The summed E-state index contributed by atoms with van der Waals surface area (Å²) in [6.45, 7) is 3.92. The van der Waals surface area contributed by atoms with Crippen molar-refractivity contribution in [2.24, 2.45) is 0 Å². The van der Waals surface area contributed by atoms with Gasteiger partial charge in [-0.1, -0.05) is 36.8 Å². The van der Waals surface area contributed by atoms with Gasteiger partial charge < -0.3 is 9.72 Å². The number of hydrogen-bond donors (Lipinski definition) is 1. The van der Waals surface area contributed by atoms with Crippen LogP contribution >= 0.6 is 22.9 Å². The molecule has 3 aromatic heterocycles. The lowest BCUT2D eigenvalue weighted by atomic mass is 10.2. The van der Waals surface area contributed by atoms with Crippen molar-refractivity contribution < 1.29 is 18.0 Å². The first-order valence-corrected chi connectivity index (χ1v) is 8.70. The third kappa shape index (κ3) is 3.96. The second-order valence-corrected chi connectivity index (χ2v) is 7.28. The minimum atomic E-state index is -4.52. The van der Waals surface area contributed by atoms with Gasteiger partial charge in [0.1, 0.15) is 5.01 Å². The molecule has 1 amide bonds. The molecule has 3 heterocycles. The Balaban J connectivity index is 1.77. The molecule has 11 heteroatoms. The first-order chi connectivity index (χ1) is 12.1. The predicted molar refractivity (Wildman–Crippen MR) is 91.5 cm³/mol. The fraction of sp³-hybridized carbons (Fsp3) is 0.333. The topological polar surface area (TPSA) is 72.2 Å². The molecule has 138 valence electrons. The normalized spacial score (nSPS) is 12.1. The van der Waals surface area contributed by atoms with Gasteiger partial charge in [0, 0.05) is 18.3 Å². The highest BCUT2D eigenvalue weighted by Crippen LogP contribution is 2.32. The highest BCUT2D eigenvalue weighted by atomic mass is 35.5. The van der Waals surface area contributed by atoms with Gasteiger partial charge in [-0.2, -0.15) is 13.2 Å². The van der Waals surface area contributed by atoms with E-state index in [1.807, 2.05) is 13.8 Å². The first kappa shape index (κ1) is 18.6. The number of alkyl halides is 3. The molecule has 26 heavy (non-hydrogen) atoms. The van der Waals surface area contributed by atoms with E-state index in [0.717, 1.165) is 21.7 Å². The number of fused-ring (bicyclic) bond motifs is 1. The van der Waals surface area contributed by atoms with E-state index in [2.05, 4.69) is 20.5 Å². The van der Waals surface area contributed by atoms with Gasteiger partial charge >= 0.3 is 6.18 Å². The number of amides is 1. The Kier molecular flexibility index (Phi) is 4.89. The van der Waals surface area contributed by atoms with E-state index in [4.69, 9.17) is 11.6 Å². The summed E-state index contributed by atoms with van der Waals surface area (Å²) in [5.74, 6) is -0.200. The van der Waals surface area contributed by atoms with E-state index in [-0.39, 0.29) is 28.7 Å². The van der Waals surface area contributed by atoms with Crippen molar-refractivity contribution in [1.82, 2.24) is 19.6 Å². The van der Waals surface area contributed by atoms with Crippen molar-refractivity contribution >= 4 is 39.6 Å². The molecule has 0 radical (unpaired) electrons. The highest BCUT2D eigenvalue weighted by Gasteiger charge is 2.32. The van der Waals surface area contributed by atoms with Crippen molar-refractivity contribution in [3.05, 3.63) is 39.7 Å². The van der Waals surface area contributed by atoms with Crippen molar-refractivity contribution in [2.75, 3.05) is 5.32 Å². The minimum absolute atomic E-state index is 0.129. The summed E-state index contributed by atoms with van der Waals surface area (Å²) in [5, 5.41) is 11.5. The molecule has 0 unspecified atom stereocenters. The summed E-state index contributed by atoms with van der Waals surface area (Å²) < 4.78 is 39.7. The Morgan fingerprint density at radius 1 is 1.35 bits per heavy atom. The smallest absolute Gasteiger partial charge is 0.305 e. The Labute approximate surface area is 155 Å². The molecule has 0 saturated carbocycles. The molecule has 0 aliphatic rings. The Morgan fingerprint density at radius 2 is 2.08 bits per heavy atom. The fourth-order valence-corrected chi connectivity index (χ4v) is 3.21. The number of nitrogens with one attached hydrogen (secondary N) is 1. The van der Waals surface area contributed by atoms with Gasteiger partial charge in [-0.15, -0.1) is 10.2 Å². The molecule has 0 fully saturated rings. The Morgan fingerprint density at radius 3 is 2.69 bits per heavy atom. The maximum Gasteiger partial charge on any atom is 0.417 e. The molecule has 0 aromatic carbocycles. The van der Waals surface area contributed by atoms with E-state index < -0.39 is 17.6 Å². The number of hydrogen-bond acceptors (Lipinski definition) is 5. The van der Waals surface area contributed by atoms with Gasteiger partial charge in [-0.05, 0) is 6.07 Å². The summed E-state index contributed by atoms with van der Waals surface area (Å²) in [6.07, 6.45) is -2.42. The van der Waals surface area contributed by atoms with Gasteiger partial charge in [0.25, 0.3) is 0 Å². The van der Waals surface area contributed by atoms with Crippen LogP contribution in [0, 0.1) is 0 Å². The molecule has 0 aliphatic heterocycles. The van der Waals surface area contributed by atoms with Gasteiger partial charge in [-0.3, -0.25) is 4.79 Å². The Bertz CT molecular complexity index is 966. The zero-order chi connectivity index (χ0) is 19.1. The molecule has 1 N–H and O–H groups in total. The lowest BCUT2D eigenvalue weighted by Gasteiger charge is -2.07. The summed E-state index contributed by atoms with van der Waals surface area (Å²) in [6, 6.07) is 0.808. The van der Waals surface area contributed by atoms with Crippen LogP contribution in [0.2, 0.25) is 5.02 Å². The van der Waals surface area contributed by atoms with Crippen molar-refractivity contribution in [1.29, 1.82) is 0 Å². The van der Waals surface area contributed by atoms with Crippen LogP contribution in [0.3, 0.4) is 0 Å². The summed E-state index contributed by atoms with van der Waals surface area (Å²) in [4.78, 5) is 16.2. The minimum Gasteiger partial charge on any atom is -0.305 e. The molecular weight excluding hydrogens is 391 g/mol. The van der Waals surface area contributed by atoms with Crippen molar-refractivity contribution in [2.45, 2.75) is 32.4 Å². The molecule has 0 spiro atoms. The number of imidazole rings is 1. The second-order valence-electron chi connectivity index (χ2n) is 5.86. The number of carbonyl (C=O) groups excluding carboxylic acids is 1. The Hall–Kier alpha value is -2.20. The number of pyridine rings is 1. The third-order valence-electron chi connectivity index (χ3n) is 3.41. The van der Waals surface area contributed by atoms with Crippen LogP contribution in [0.5, 0.6) is 0 Å². The van der Waals surface area contributed by atoms with Crippen LogP contribution in [0.15, 0.2) is 18.5 Å². The average molecular weight is 404 g/mol. The van der Waals surface area contributed by atoms with Gasteiger partial charge in [0.05, 0.1) is 22.7 Å². The zero-order valence-corrected chi connectivity index (χ0v) is 15.2. The number of nitrogens with zero attached hydrogens (tertiary/aromatic N) is 4. The first-order valence-electron chi connectivity index (χ1n) is 7.51. The second kappa shape index (κ2) is 6.84. The van der Waals surface area contributed by atoms with E-state index in [1.54, 1.807) is 0 Å². The molecule has 3 aromatic rings. The SMILES string of the molecule is CC(C)c1nnc(NC(=O)Cc2cn3cc(C(F)(F)F)cc(Cl)c3n2)s1. The molecule has 0 atom stereocenters. The molecule has 0 aliphatic carbocycles. The lowest BCUT2D eigenvalue weighted by molar-refractivity contribution is -0.137. The number of rotatable bonds is 4. The van der Waals surface area contributed by atoms with Crippen LogP contribution < -0.4 is 5.32 Å². The van der Waals surface area contributed by atoms with Crippen LogP contribution in [0.25, 0.3) is 5.65 Å². The summed E-state index contributed by atoms with van der Waals surface area (Å²) in [7, 11) is 0. The average Bonchev–Trinajstić information content (AvgIpc) is 3.13. The van der Waals surface area contributed by atoms with E-state index in [9.17, 15) is 18.0 Å². The third-order valence-corrected chi connectivity index (χ3v) is 4.82. The fourth-order valence-electron chi connectivity index (χ4n) is 2.19. The largest absolute Gasteiger partial charge is 0.417 e. The maximum atomic E-state index is 12.8. The van der Waals surface area contributed by atoms with E-state index >= 15 is 0 Å². The van der Waals surface area contributed by atoms with Crippen molar-refractivity contribution in [3.63, 3.8) is 0 Å². The molecule has 3 rings (SSSR count). The summed E-state index contributed by atoms with van der Waals surface area (Å²) in [5.41, 5.74) is -0.448. The molecular formula is C15H13ClF3N5OS. The lowest BCUT2D eigenvalue weighted by Crippen LogP contribution is -2.14. The predicted octanol–water partition coefficient (Wildman–Crippen LogP) is 4.16. The van der Waals surface area contributed by atoms with Crippen LogP contribution in [0.4, 0.5) is 18.3 Å². The van der Waals surface area contributed by atoms with Crippen LogP contribution in [0.1, 0.15) is 36.0 Å². The van der Waals surface area contributed by atoms with Crippen LogP contribution in [-0.4, -0.2) is 25.5 Å². The van der Waals surface area contributed by atoms with Gasteiger partial charge in [0.15, 0.2) is 5.65 Å². The zero-order valence-electron chi connectivity index (χ0n) is 13.6. The number of carbonyl (C=O) groups is 1. The van der Waals surface area contributed by atoms with Gasteiger partial charge in [0.2, 0.25) is 11.0 Å². The molecule has 6 nitrogen and oxygen atoms in total. The number of aromatic nitrogens is 4. The quantitative estimate of drug-likeness (QED) is 0.709. The number of anilines is 1. The van der Waals surface area contributed by atoms with Crippen molar-refractivity contribution in [3.8, 4) is 0 Å². The highest BCUT2D eigenvalue weighted by molar-refractivity contribution is 7.15. The number of halogens is 4.